The van der Waals surface area contributed by atoms with Crippen molar-refractivity contribution >= 4 is 11.8 Å². The smallest absolute Gasteiger partial charge is 0.251 e. The molecule has 2 rings (SSSR count). The van der Waals surface area contributed by atoms with Gasteiger partial charge in [-0.25, -0.2) is 8.78 Å². The molecule has 0 saturated carbocycles. The first-order valence-electron chi connectivity index (χ1n) is 8.45. The Bertz CT molecular complexity index is 761. The molecule has 0 fully saturated rings. The topological polar surface area (TPSA) is 58.2 Å². The van der Waals surface area contributed by atoms with E-state index in [9.17, 15) is 18.4 Å². The Kier molecular flexibility index (Phi) is 6.83. The Balaban J connectivity index is 1.92. The minimum atomic E-state index is -0.722. The van der Waals surface area contributed by atoms with Gasteiger partial charge in [-0.15, -0.1) is 0 Å². The molecule has 0 aliphatic rings. The average Bonchev–Trinajstić information content (AvgIpc) is 2.59. The molecule has 0 spiro atoms. The second kappa shape index (κ2) is 9.08. The van der Waals surface area contributed by atoms with Crippen LogP contribution in [0.5, 0.6) is 0 Å². The second-order valence-corrected chi connectivity index (χ2v) is 6.37. The molecule has 2 aromatic carbocycles. The number of halogens is 2. The first-order valence-corrected chi connectivity index (χ1v) is 8.45. The van der Waals surface area contributed by atoms with Crippen molar-refractivity contribution < 1.29 is 18.4 Å². The summed E-state index contributed by atoms with van der Waals surface area (Å²) in [5.41, 5.74) is 1.06. The highest BCUT2D eigenvalue weighted by Crippen LogP contribution is 2.07. The van der Waals surface area contributed by atoms with Crippen LogP contribution < -0.4 is 10.6 Å². The molecule has 2 amide bonds. The summed E-state index contributed by atoms with van der Waals surface area (Å²) >= 11 is 0. The van der Waals surface area contributed by atoms with Crippen LogP contribution in [0.4, 0.5) is 8.78 Å². The fourth-order valence-electron chi connectivity index (χ4n) is 2.49. The highest BCUT2D eigenvalue weighted by molar-refractivity contribution is 5.97. The summed E-state index contributed by atoms with van der Waals surface area (Å²) in [7, 11) is 0. The molecule has 6 heteroatoms. The summed E-state index contributed by atoms with van der Waals surface area (Å²) in [5, 5.41) is 5.44. The van der Waals surface area contributed by atoms with Gasteiger partial charge in [0.05, 0.1) is 0 Å². The van der Waals surface area contributed by atoms with Gasteiger partial charge in [0.25, 0.3) is 5.91 Å². The lowest BCUT2D eigenvalue weighted by molar-refractivity contribution is -0.123. The van der Waals surface area contributed by atoms with Crippen molar-refractivity contribution in [1.29, 1.82) is 0 Å². The third kappa shape index (κ3) is 5.65. The van der Waals surface area contributed by atoms with Crippen LogP contribution in [0.3, 0.4) is 0 Å². The Morgan fingerprint density at radius 1 is 1.00 bits per heavy atom. The van der Waals surface area contributed by atoms with Gasteiger partial charge >= 0.3 is 0 Å². The van der Waals surface area contributed by atoms with E-state index in [1.807, 2.05) is 13.8 Å². The van der Waals surface area contributed by atoms with Crippen LogP contribution >= 0.6 is 0 Å². The fraction of sp³-hybridized carbons (Fsp3) is 0.300. The third-order valence-electron chi connectivity index (χ3n) is 3.94. The standard InChI is InChI=1S/C20H22F2N2O2/c1-13(2)18(24-19(25)15-6-8-16(21)9-7-15)20(26)23-11-10-14-4-3-5-17(22)12-14/h3-9,12-13,18H,10-11H2,1-2H3,(H,23,26)(H,24,25)/t18-/m0/s1. The number of nitrogens with one attached hydrogen (secondary N) is 2. The SMILES string of the molecule is CC(C)[C@H](NC(=O)c1ccc(F)cc1)C(=O)NCCc1cccc(F)c1. The minimum absolute atomic E-state index is 0.131. The van der Waals surface area contributed by atoms with Crippen molar-refractivity contribution in [3.8, 4) is 0 Å². The normalized spacial score (nSPS) is 11.9. The van der Waals surface area contributed by atoms with E-state index in [1.54, 1.807) is 12.1 Å². The molecular formula is C20H22F2N2O2. The number of carbonyl (C=O) groups is 2. The number of hydrogen-bond donors (Lipinski definition) is 2. The molecule has 26 heavy (non-hydrogen) atoms. The van der Waals surface area contributed by atoms with Crippen LogP contribution in [0.1, 0.15) is 29.8 Å². The fourth-order valence-corrected chi connectivity index (χ4v) is 2.49. The maximum Gasteiger partial charge on any atom is 0.251 e. The number of rotatable bonds is 7. The summed E-state index contributed by atoms with van der Waals surface area (Å²) in [6.07, 6.45) is 0.486. The third-order valence-corrected chi connectivity index (χ3v) is 3.94. The molecule has 0 bridgehead atoms. The minimum Gasteiger partial charge on any atom is -0.354 e. The monoisotopic (exact) mass is 360 g/mol. The van der Waals surface area contributed by atoms with E-state index in [0.29, 0.717) is 13.0 Å². The molecule has 1 atom stereocenters. The van der Waals surface area contributed by atoms with Crippen LogP contribution in [-0.2, 0) is 11.2 Å². The average molecular weight is 360 g/mol. The second-order valence-electron chi connectivity index (χ2n) is 6.37. The maximum absolute atomic E-state index is 13.2. The molecule has 4 nitrogen and oxygen atoms in total. The Morgan fingerprint density at radius 3 is 2.31 bits per heavy atom. The molecule has 2 N–H and O–H groups in total. The molecule has 138 valence electrons. The lowest BCUT2D eigenvalue weighted by Crippen LogP contribution is -2.50. The van der Waals surface area contributed by atoms with Crippen LogP contribution in [0.25, 0.3) is 0 Å². The van der Waals surface area contributed by atoms with Crippen molar-refractivity contribution in [2.24, 2.45) is 5.92 Å². The molecule has 0 unspecified atom stereocenters. The van der Waals surface area contributed by atoms with Gasteiger partial charge in [0.2, 0.25) is 5.91 Å². The first-order chi connectivity index (χ1) is 12.4. The highest BCUT2D eigenvalue weighted by Gasteiger charge is 2.24. The van der Waals surface area contributed by atoms with E-state index in [2.05, 4.69) is 10.6 Å². The van der Waals surface area contributed by atoms with Crippen LogP contribution in [0.2, 0.25) is 0 Å². The zero-order valence-electron chi connectivity index (χ0n) is 14.8. The van der Waals surface area contributed by atoms with Gasteiger partial charge in [-0.3, -0.25) is 9.59 Å². The maximum atomic E-state index is 13.2. The van der Waals surface area contributed by atoms with E-state index in [-0.39, 0.29) is 23.2 Å². The number of hydrogen-bond acceptors (Lipinski definition) is 2. The molecule has 2 aromatic rings. The summed E-state index contributed by atoms with van der Waals surface area (Å²) in [6.45, 7) is 3.97. The largest absolute Gasteiger partial charge is 0.354 e. The predicted octanol–water partition coefficient (Wildman–Crippen LogP) is 3.08. The van der Waals surface area contributed by atoms with Gasteiger partial charge < -0.3 is 10.6 Å². The first kappa shape index (κ1) is 19.6. The predicted molar refractivity (Wildman–Crippen MR) is 95.6 cm³/mol. The lowest BCUT2D eigenvalue weighted by atomic mass is 10.0. The van der Waals surface area contributed by atoms with Crippen molar-refractivity contribution in [3.05, 3.63) is 71.3 Å². The van der Waals surface area contributed by atoms with Crippen molar-refractivity contribution in [1.82, 2.24) is 10.6 Å². The zero-order valence-corrected chi connectivity index (χ0v) is 14.8. The van der Waals surface area contributed by atoms with Gasteiger partial charge in [0.15, 0.2) is 0 Å². The van der Waals surface area contributed by atoms with Crippen molar-refractivity contribution in [3.63, 3.8) is 0 Å². The van der Waals surface area contributed by atoms with Crippen LogP contribution in [0, 0.1) is 17.6 Å². The number of amides is 2. The van der Waals surface area contributed by atoms with E-state index >= 15 is 0 Å². The number of benzene rings is 2. The van der Waals surface area contributed by atoms with E-state index in [4.69, 9.17) is 0 Å². The van der Waals surface area contributed by atoms with Gasteiger partial charge in [0, 0.05) is 12.1 Å². The Morgan fingerprint density at radius 2 is 1.69 bits per heavy atom. The van der Waals surface area contributed by atoms with E-state index < -0.39 is 17.8 Å². The summed E-state index contributed by atoms with van der Waals surface area (Å²) in [6, 6.07) is 10.6. The van der Waals surface area contributed by atoms with Gasteiger partial charge in [-0.2, -0.15) is 0 Å². The van der Waals surface area contributed by atoms with E-state index in [1.165, 1.54) is 36.4 Å². The Hall–Kier alpha value is -2.76. The van der Waals surface area contributed by atoms with E-state index in [0.717, 1.165) is 5.56 Å². The summed E-state index contributed by atoms with van der Waals surface area (Å²) < 4.78 is 26.1. The van der Waals surface area contributed by atoms with Crippen LogP contribution in [-0.4, -0.2) is 24.4 Å². The number of carbonyl (C=O) groups excluding carboxylic acids is 2. The Labute approximate surface area is 151 Å². The summed E-state index contributed by atoms with van der Waals surface area (Å²) in [4.78, 5) is 24.7. The molecular weight excluding hydrogens is 338 g/mol. The summed E-state index contributed by atoms with van der Waals surface area (Å²) in [5.74, 6) is -1.64. The van der Waals surface area contributed by atoms with Crippen molar-refractivity contribution in [2.45, 2.75) is 26.3 Å². The van der Waals surface area contributed by atoms with Gasteiger partial charge in [-0.05, 0) is 54.3 Å². The molecule has 0 aromatic heterocycles. The lowest BCUT2D eigenvalue weighted by Gasteiger charge is -2.21. The van der Waals surface area contributed by atoms with Crippen LogP contribution in [0.15, 0.2) is 48.5 Å². The molecule has 0 aliphatic heterocycles. The highest BCUT2D eigenvalue weighted by atomic mass is 19.1. The molecule has 0 heterocycles. The van der Waals surface area contributed by atoms with Gasteiger partial charge in [-0.1, -0.05) is 26.0 Å². The molecule has 0 aliphatic carbocycles. The van der Waals surface area contributed by atoms with Gasteiger partial charge in [0.1, 0.15) is 17.7 Å². The van der Waals surface area contributed by atoms with Crippen molar-refractivity contribution in [2.75, 3.05) is 6.54 Å². The quantitative estimate of drug-likeness (QED) is 0.797. The molecule has 0 radical (unpaired) electrons. The zero-order chi connectivity index (χ0) is 19.1. The molecule has 0 saturated heterocycles.